The molecule has 0 spiro atoms. The number of nitrogens with zero attached hydrogens (tertiary/aromatic N) is 1. The van der Waals surface area contributed by atoms with Crippen molar-refractivity contribution in [3.63, 3.8) is 0 Å². The third-order valence-corrected chi connectivity index (χ3v) is 3.57. The molecule has 0 aliphatic rings. The summed E-state index contributed by atoms with van der Waals surface area (Å²) >= 11 is 1.90. The Bertz CT molecular complexity index is 354. The number of benzene rings is 1. The van der Waals surface area contributed by atoms with Crippen LogP contribution in [0.5, 0.6) is 0 Å². The maximum absolute atomic E-state index is 3.51. The van der Waals surface area contributed by atoms with E-state index in [-0.39, 0.29) is 5.54 Å². The fraction of sp³-hybridized carbons (Fsp3) is 0.625. The highest BCUT2D eigenvalue weighted by molar-refractivity contribution is 7.98. The van der Waals surface area contributed by atoms with Gasteiger partial charge in [-0.1, -0.05) is 24.3 Å². The van der Waals surface area contributed by atoms with Gasteiger partial charge in [0.25, 0.3) is 0 Å². The molecule has 0 atom stereocenters. The van der Waals surface area contributed by atoms with Gasteiger partial charge < -0.3 is 10.2 Å². The average Bonchev–Trinajstić information content (AvgIpc) is 2.34. The topological polar surface area (TPSA) is 15.3 Å². The van der Waals surface area contributed by atoms with Crippen LogP contribution in [0.2, 0.25) is 0 Å². The van der Waals surface area contributed by atoms with Crippen molar-refractivity contribution in [1.82, 2.24) is 10.2 Å². The largest absolute Gasteiger partial charge is 0.308 e. The van der Waals surface area contributed by atoms with E-state index >= 15 is 0 Å². The third-order valence-electron chi connectivity index (χ3n) is 2.98. The summed E-state index contributed by atoms with van der Waals surface area (Å²) < 4.78 is 0. The lowest BCUT2D eigenvalue weighted by Crippen LogP contribution is -2.35. The lowest BCUT2D eigenvalue weighted by atomic mass is 10.1. The first-order valence-electron chi connectivity index (χ1n) is 6.91. The van der Waals surface area contributed by atoms with Crippen LogP contribution in [0.15, 0.2) is 24.3 Å². The summed E-state index contributed by atoms with van der Waals surface area (Å²) in [6.07, 6.45) is 2.16. The van der Waals surface area contributed by atoms with Crippen LogP contribution in [0.25, 0.3) is 0 Å². The quantitative estimate of drug-likeness (QED) is 0.824. The Kier molecular flexibility index (Phi) is 6.90. The Morgan fingerprint density at radius 3 is 2.21 bits per heavy atom. The van der Waals surface area contributed by atoms with Crippen molar-refractivity contribution in [3.8, 4) is 0 Å². The Labute approximate surface area is 123 Å². The van der Waals surface area contributed by atoms with Crippen molar-refractivity contribution in [1.29, 1.82) is 0 Å². The van der Waals surface area contributed by atoms with Crippen molar-refractivity contribution >= 4 is 11.8 Å². The summed E-state index contributed by atoms with van der Waals surface area (Å²) in [6, 6.07) is 8.96. The molecular formula is C16H28N2S. The molecule has 0 fully saturated rings. The van der Waals surface area contributed by atoms with Crippen molar-refractivity contribution in [2.24, 2.45) is 0 Å². The van der Waals surface area contributed by atoms with Gasteiger partial charge in [-0.2, -0.15) is 11.8 Å². The fourth-order valence-electron chi connectivity index (χ4n) is 1.77. The second-order valence-electron chi connectivity index (χ2n) is 6.15. The van der Waals surface area contributed by atoms with Gasteiger partial charge in [0, 0.05) is 30.9 Å². The van der Waals surface area contributed by atoms with Crippen LogP contribution < -0.4 is 5.32 Å². The first-order chi connectivity index (χ1) is 8.90. The standard InChI is InChI=1S/C16H28N2S/c1-16(2,3)17-12-14-6-8-15(9-7-14)13-18(4)10-11-19-5/h6-9,17H,10-13H2,1-5H3. The van der Waals surface area contributed by atoms with Gasteiger partial charge in [-0.15, -0.1) is 0 Å². The van der Waals surface area contributed by atoms with Gasteiger partial charge in [0.2, 0.25) is 0 Å². The van der Waals surface area contributed by atoms with E-state index in [0.29, 0.717) is 0 Å². The number of hydrogen-bond donors (Lipinski definition) is 1. The molecule has 0 saturated carbocycles. The second kappa shape index (κ2) is 7.93. The molecule has 0 aromatic heterocycles. The van der Waals surface area contributed by atoms with E-state index in [2.05, 4.69) is 68.6 Å². The van der Waals surface area contributed by atoms with Crippen molar-refractivity contribution in [3.05, 3.63) is 35.4 Å². The molecule has 19 heavy (non-hydrogen) atoms. The molecule has 0 unspecified atom stereocenters. The second-order valence-corrected chi connectivity index (χ2v) is 7.14. The smallest absolute Gasteiger partial charge is 0.0231 e. The molecule has 1 aromatic carbocycles. The summed E-state index contributed by atoms with van der Waals surface area (Å²) in [6.45, 7) is 9.71. The van der Waals surface area contributed by atoms with E-state index in [4.69, 9.17) is 0 Å². The highest BCUT2D eigenvalue weighted by Gasteiger charge is 2.08. The van der Waals surface area contributed by atoms with Gasteiger partial charge >= 0.3 is 0 Å². The highest BCUT2D eigenvalue weighted by Crippen LogP contribution is 2.09. The molecule has 1 rings (SSSR count). The van der Waals surface area contributed by atoms with Gasteiger partial charge in [0.15, 0.2) is 0 Å². The molecule has 0 amide bonds. The summed E-state index contributed by atoms with van der Waals surface area (Å²) in [4.78, 5) is 2.37. The van der Waals surface area contributed by atoms with Crippen LogP contribution in [0.3, 0.4) is 0 Å². The van der Waals surface area contributed by atoms with Gasteiger partial charge in [-0.3, -0.25) is 0 Å². The number of thioether (sulfide) groups is 1. The van der Waals surface area contributed by atoms with Gasteiger partial charge in [-0.25, -0.2) is 0 Å². The van der Waals surface area contributed by atoms with Gasteiger partial charge in [0.1, 0.15) is 0 Å². The Morgan fingerprint density at radius 1 is 1.11 bits per heavy atom. The zero-order chi connectivity index (χ0) is 14.3. The van der Waals surface area contributed by atoms with Crippen molar-refractivity contribution in [2.45, 2.75) is 39.4 Å². The Hall–Kier alpha value is -0.510. The number of rotatable bonds is 7. The lowest BCUT2D eigenvalue weighted by Gasteiger charge is -2.21. The molecule has 1 aromatic rings. The van der Waals surface area contributed by atoms with Crippen LogP contribution in [-0.4, -0.2) is 36.0 Å². The minimum atomic E-state index is 0.177. The van der Waals surface area contributed by atoms with Gasteiger partial charge in [0.05, 0.1) is 0 Å². The Morgan fingerprint density at radius 2 is 1.68 bits per heavy atom. The summed E-state index contributed by atoms with van der Waals surface area (Å²) in [5.41, 5.74) is 2.92. The molecule has 0 heterocycles. The molecule has 0 radical (unpaired) electrons. The zero-order valence-electron chi connectivity index (χ0n) is 13.0. The molecule has 0 aliphatic carbocycles. The average molecular weight is 280 g/mol. The maximum atomic E-state index is 3.51. The third kappa shape index (κ3) is 7.61. The minimum absolute atomic E-state index is 0.177. The fourth-order valence-corrected chi connectivity index (χ4v) is 2.26. The SMILES string of the molecule is CSCCN(C)Cc1ccc(CNC(C)(C)C)cc1. The predicted octanol–water partition coefficient (Wildman–Crippen LogP) is 3.37. The molecule has 0 bridgehead atoms. The molecular weight excluding hydrogens is 252 g/mol. The zero-order valence-corrected chi connectivity index (χ0v) is 13.8. The normalized spacial score (nSPS) is 12.1. The van der Waals surface area contributed by atoms with Crippen molar-refractivity contribution in [2.75, 3.05) is 25.6 Å². The van der Waals surface area contributed by atoms with Crippen LogP contribution in [0, 0.1) is 0 Å². The van der Waals surface area contributed by atoms with Crippen LogP contribution in [0.4, 0.5) is 0 Å². The Balaban J connectivity index is 2.43. The van der Waals surface area contributed by atoms with Crippen molar-refractivity contribution < 1.29 is 0 Å². The van der Waals surface area contributed by atoms with E-state index in [0.717, 1.165) is 19.6 Å². The monoisotopic (exact) mass is 280 g/mol. The summed E-state index contributed by atoms with van der Waals surface area (Å²) in [7, 11) is 2.19. The van der Waals surface area contributed by atoms with E-state index in [1.807, 2.05) is 11.8 Å². The first-order valence-corrected chi connectivity index (χ1v) is 8.30. The highest BCUT2D eigenvalue weighted by atomic mass is 32.2. The molecule has 0 saturated heterocycles. The van der Waals surface area contributed by atoms with E-state index in [9.17, 15) is 0 Å². The van der Waals surface area contributed by atoms with E-state index in [1.165, 1.54) is 16.9 Å². The van der Waals surface area contributed by atoms with Gasteiger partial charge in [-0.05, 0) is 45.2 Å². The van der Waals surface area contributed by atoms with E-state index < -0.39 is 0 Å². The molecule has 0 aliphatic heterocycles. The lowest BCUT2D eigenvalue weighted by molar-refractivity contribution is 0.348. The molecule has 108 valence electrons. The number of nitrogens with one attached hydrogen (secondary N) is 1. The minimum Gasteiger partial charge on any atom is -0.308 e. The predicted molar refractivity (Wildman–Crippen MR) is 87.8 cm³/mol. The molecule has 3 heteroatoms. The summed E-state index contributed by atoms with van der Waals surface area (Å²) in [5.74, 6) is 1.20. The van der Waals surface area contributed by atoms with E-state index in [1.54, 1.807) is 0 Å². The number of hydrogen-bond acceptors (Lipinski definition) is 3. The van der Waals surface area contributed by atoms with Crippen LogP contribution >= 0.6 is 11.8 Å². The molecule has 2 nitrogen and oxygen atoms in total. The maximum Gasteiger partial charge on any atom is 0.0231 e. The first kappa shape index (κ1) is 16.5. The molecule has 1 N–H and O–H groups in total. The van der Waals surface area contributed by atoms with Crippen LogP contribution in [0.1, 0.15) is 31.9 Å². The van der Waals surface area contributed by atoms with Crippen LogP contribution in [-0.2, 0) is 13.1 Å². The summed E-state index contributed by atoms with van der Waals surface area (Å²) in [5, 5.41) is 3.51.